The summed E-state index contributed by atoms with van der Waals surface area (Å²) in [5, 5.41) is 13.5. The molecule has 0 aliphatic carbocycles. The Hall–Kier alpha value is -3.07. The van der Waals surface area contributed by atoms with Gasteiger partial charge in [-0.15, -0.1) is 22.0 Å². The van der Waals surface area contributed by atoms with Crippen LogP contribution in [0.3, 0.4) is 0 Å². The zero-order chi connectivity index (χ0) is 18.1. The van der Waals surface area contributed by atoms with Crippen LogP contribution in [0.1, 0.15) is 12.5 Å². The number of carbonyl (C=O) groups is 2. The minimum atomic E-state index is -0.771. The third-order valence-electron chi connectivity index (χ3n) is 4.02. The summed E-state index contributed by atoms with van der Waals surface area (Å²) in [5.41, 5.74) is 0.669. The van der Waals surface area contributed by atoms with E-state index in [0.717, 1.165) is 4.90 Å². The van der Waals surface area contributed by atoms with Gasteiger partial charge in [-0.2, -0.15) is 0 Å². The van der Waals surface area contributed by atoms with E-state index in [4.69, 9.17) is 4.42 Å². The van der Waals surface area contributed by atoms with Gasteiger partial charge in [-0.1, -0.05) is 6.07 Å². The van der Waals surface area contributed by atoms with E-state index in [-0.39, 0.29) is 24.2 Å². The number of furan rings is 1. The fraction of sp³-hybridized carbons (Fsp3) is 0.176. The van der Waals surface area contributed by atoms with E-state index in [9.17, 15) is 9.59 Å². The van der Waals surface area contributed by atoms with E-state index in [2.05, 4.69) is 20.8 Å². The van der Waals surface area contributed by atoms with E-state index in [1.54, 1.807) is 34.5 Å². The molecular weight excluding hydrogens is 354 g/mol. The number of thioether (sulfide) groups is 1. The van der Waals surface area contributed by atoms with Gasteiger partial charge < -0.3 is 9.73 Å². The molecule has 2 N–H and O–H groups in total. The normalized spacial score (nSPS) is 16.0. The molecule has 0 spiro atoms. The number of rotatable bonds is 4. The van der Waals surface area contributed by atoms with Crippen LogP contribution in [0.25, 0.3) is 11.6 Å². The molecule has 3 aromatic rings. The first-order valence-electron chi connectivity index (χ1n) is 7.89. The second-order valence-electron chi connectivity index (χ2n) is 5.68. The molecule has 4 rings (SSSR count). The maximum Gasteiger partial charge on any atom is 0.248 e. The van der Waals surface area contributed by atoms with Crippen molar-refractivity contribution in [2.45, 2.75) is 17.4 Å². The fourth-order valence-electron chi connectivity index (χ4n) is 2.82. The highest BCUT2D eigenvalue weighted by Gasteiger charge is 2.35. The minimum Gasteiger partial charge on any atom is -0.461 e. The molecule has 8 nitrogen and oxygen atoms in total. The van der Waals surface area contributed by atoms with E-state index < -0.39 is 6.04 Å². The van der Waals surface area contributed by atoms with Crippen LogP contribution in [0.15, 0.2) is 52.0 Å². The number of aromatic nitrogens is 3. The van der Waals surface area contributed by atoms with Gasteiger partial charge in [0.25, 0.3) is 0 Å². The number of amides is 2. The lowest BCUT2D eigenvalue weighted by atomic mass is 10.1. The second kappa shape index (κ2) is 6.68. The van der Waals surface area contributed by atoms with Gasteiger partial charge in [0, 0.05) is 10.6 Å². The van der Waals surface area contributed by atoms with Gasteiger partial charge in [-0.3, -0.25) is 19.5 Å². The molecule has 1 aliphatic heterocycles. The van der Waals surface area contributed by atoms with Crippen molar-refractivity contribution in [3.8, 4) is 11.6 Å². The topological polar surface area (TPSA) is 102 Å². The van der Waals surface area contributed by atoms with Crippen LogP contribution >= 0.6 is 11.8 Å². The summed E-state index contributed by atoms with van der Waals surface area (Å²) in [4.78, 5) is 25.9. The molecule has 0 bridgehead atoms. The first kappa shape index (κ1) is 16.4. The number of anilines is 2. The van der Waals surface area contributed by atoms with Crippen LogP contribution in [0.2, 0.25) is 0 Å². The summed E-state index contributed by atoms with van der Waals surface area (Å²) in [5.74, 6) is 0.497. The molecule has 1 aliphatic rings. The monoisotopic (exact) mass is 369 g/mol. The molecule has 0 fully saturated rings. The number of benzene rings is 1. The van der Waals surface area contributed by atoms with Crippen LogP contribution in [0.4, 0.5) is 11.6 Å². The Bertz CT molecular complexity index is 967. The Morgan fingerprint density at radius 1 is 1.35 bits per heavy atom. The fourth-order valence-corrected chi connectivity index (χ4v) is 3.28. The number of hydrogen-bond acceptors (Lipinski definition) is 6. The van der Waals surface area contributed by atoms with Crippen molar-refractivity contribution in [3.05, 3.63) is 42.7 Å². The Morgan fingerprint density at radius 3 is 3.00 bits per heavy atom. The van der Waals surface area contributed by atoms with Crippen molar-refractivity contribution >= 4 is 35.2 Å². The van der Waals surface area contributed by atoms with Gasteiger partial charge in [0.15, 0.2) is 5.76 Å². The van der Waals surface area contributed by atoms with Crippen LogP contribution in [-0.4, -0.2) is 32.8 Å². The van der Waals surface area contributed by atoms with Crippen LogP contribution in [0, 0.1) is 0 Å². The average Bonchev–Trinajstić information content (AvgIpc) is 3.30. The highest BCUT2D eigenvalue weighted by Crippen LogP contribution is 2.31. The molecule has 0 saturated carbocycles. The molecule has 2 aromatic heterocycles. The first-order valence-corrected chi connectivity index (χ1v) is 9.12. The number of nitrogens with zero attached hydrogens (tertiary/aromatic N) is 3. The number of hydrogen-bond donors (Lipinski definition) is 2. The Kier molecular flexibility index (Phi) is 4.21. The lowest BCUT2D eigenvalue weighted by Crippen LogP contribution is -2.35. The molecule has 0 unspecified atom stereocenters. The summed E-state index contributed by atoms with van der Waals surface area (Å²) in [7, 11) is 0. The van der Waals surface area contributed by atoms with Crippen molar-refractivity contribution in [3.63, 3.8) is 0 Å². The molecule has 1 atom stereocenters. The molecule has 2 amide bonds. The van der Waals surface area contributed by atoms with Gasteiger partial charge in [0.2, 0.25) is 23.6 Å². The lowest BCUT2D eigenvalue weighted by Gasteiger charge is -2.24. The largest absolute Gasteiger partial charge is 0.461 e. The second-order valence-corrected chi connectivity index (χ2v) is 6.56. The summed E-state index contributed by atoms with van der Waals surface area (Å²) < 4.78 is 6.97. The van der Waals surface area contributed by atoms with E-state index >= 15 is 0 Å². The maximum absolute atomic E-state index is 12.9. The Labute approximate surface area is 153 Å². The predicted octanol–water partition coefficient (Wildman–Crippen LogP) is 2.78. The molecule has 0 saturated heterocycles. The SMILES string of the molecule is CSc1cccc(NC(=O)[C@H]2CC(=O)Nc3nnc(-c4ccco4)n32)c1. The smallest absolute Gasteiger partial charge is 0.248 e. The average molecular weight is 369 g/mol. The first-order chi connectivity index (χ1) is 12.7. The summed E-state index contributed by atoms with van der Waals surface area (Å²) in [6.07, 6.45) is 3.47. The van der Waals surface area contributed by atoms with Crippen molar-refractivity contribution in [2.24, 2.45) is 0 Å². The van der Waals surface area contributed by atoms with Crippen molar-refractivity contribution in [1.29, 1.82) is 0 Å². The molecule has 0 radical (unpaired) electrons. The van der Waals surface area contributed by atoms with Gasteiger partial charge in [0.1, 0.15) is 6.04 Å². The van der Waals surface area contributed by atoms with Crippen LogP contribution in [-0.2, 0) is 9.59 Å². The quantitative estimate of drug-likeness (QED) is 0.686. The molecule has 132 valence electrons. The van der Waals surface area contributed by atoms with E-state index in [1.807, 2.05) is 24.5 Å². The van der Waals surface area contributed by atoms with Crippen LogP contribution < -0.4 is 10.6 Å². The van der Waals surface area contributed by atoms with Crippen molar-refractivity contribution in [1.82, 2.24) is 14.8 Å². The molecule has 3 heterocycles. The zero-order valence-electron chi connectivity index (χ0n) is 13.8. The molecular formula is C17H15N5O3S. The Morgan fingerprint density at radius 2 is 2.23 bits per heavy atom. The van der Waals surface area contributed by atoms with E-state index in [0.29, 0.717) is 17.3 Å². The van der Waals surface area contributed by atoms with Gasteiger partial charge >= 0.3 is 0 Å². The lowest BCUT2D eigenvalue weighted by molar-refractivity contribution is -0.125. The molecule has 26 heavy (non-hydrogen) atoms. The van der Waals surface area contributed by atoms with Crippen LogP contribution in [0.5, 0.6) is 0 Å². The number of fused-ring (bicyclic) bond motifs is 1. The Balaban J connectivity index is 1.67. The standard InChI is InChI=1S/C17H15N5O3S/c1-26-11-5-2-4-10(8-11)18-16(24)12-9-14(23)19-17-21-20-15(22(12)17)13-6-3-7-25-13/h2-8,12H,9H2,1H3,(H,18,24)(H,19,21,23)/t12-/m1/s1. The predicted molar refractivity (Wildman–Crippen MR) is 96.9 cm³/mol. The van der Waals surface area contributed by atoms with Gasteiger partial charge in [0.05, 0.1) is 12.7 Å². The highest BCUT2D eigenvalue weighted by atomic mass is 32.2. The summed E-state index contributed by atoms with van der Waals surface area (Å²) in [6, 6.07) is 10.2. The minimum absolute atomic E-state index is 0.00714. The van der Waals surface area contributed by atoms with Crippen molar-refractivity contribution in [2.75, 3.05) is 16.9 Å². The third-order valence-corrected chi connectivity index (χ3v) is 4.74. The number of nitrogens with one attached hydrogen (secondary N) is 2. The number of carbonyl (C=O) groups excluding carboxylic acids is 2. The summed E-state index contributed by atoms with van der Waals surface area (Å²) >= 11 is 1.58. The molecule has 1 aromatic carbocycles. The van der Waals surface area contributed by atoms with Crippen molar-refractivity contribution < 1.29 is 14.0 Å². The summed E-state index contributed by atoms with van der Waals surface area (Å²) in [6.45, 7) is 0. The highest BCUT2D eigenvalue weighted by molar-refractivity contribution is 7.98. The van der Waals surface area contributed by atoms with Gasteiger partial charge in [-0.05, 0) is 36.6 Å². The molecule has 9 heteroatoms. The van der Waals surface area contributed by atoms with Gasteiger partial charge in [-0.25, -0.2) is 0 Å². The maximum atomic E-state index is 12.9. The zero-order valence-corrected chi connectivity index (χ0v) is 14.6. The third kappa shape index (κ3) is 2.97. The van der Waals surface area contributed by atoms with E-state index in [1.165, 1.54) is 6.26 Å².